The molecule has 2 aromatic heterocycles. The molecule has 0 unspecified atom stereocenters. The van der Waals surface area contributed by atoms with Crippen molar-refractivity contribution in [3.8, 4) is 0 Å². The van der Waals surface area contributed by atoms with E-state index in [9.17, 15) is 4.79 Å². The largest absolute Gasteiger partial charge is 0.368 e. The summed E-state index contributed by atoms with van der Waals surface area (Å²) in [6.07, 6.45) is 6.42. The van der Waals surface area contributed by atoms with Crippen LogP contribution in [0.3, 0.4) is 0 Å². The molecule has 3 N–H and O–H groups in total. The number of nitrogens with one attached hydrogen (secondary N) is 3. The molecule has 0 aliphatic heterocycles. The number of rotatable bonds is 7. The highest BCUT2D eigenvalue weighted by Crippen LogP contribution is 2.25. The summed E-state index contributed by atoms with van der Waals surface area (Å²) < 4.78 is 0. The second-order valence-corrected chi connectivity index (χ2v) is 5.47. The van der Waals surface area contributed by atoms with Crippen molar-refractivity contribution in [2.24, 2.45) is 5.92 Å². The number of amides is 1. The van der Waals surface area contributed by atoms with Gasteiger partial charge < -0.3 is 16.0 Å². The van der Waals surface area contributed by atoms with Crippen molar-refractivity contribution in [3.05, 3.63) is 36.8 Å². The number of nitrogens with zero attached hydrogens (tertiary/aromatic N) is 3. The standard InChI is InChI=1S/C16H20N6O/c23-16(12-4-3-5-12)19-9-8-18-14-10-15(21-11-20-14)22-13-6-1-2-7-17-13/h1-2,6-7,10-12H,3-5,8-9H2,(H,19,23)(H2,17,18,20,21,22). The molecule has 7 heteroatoms. The zero-order valence-electron chi connectivity index (χ0n) is 12.8. The Kier molecular flexibility index (Phi) is 4.98. The third-order valence-corrected chi connectivity index (χ3v) is 3.79. The Balaban J connectivity index is 1.45. The van der Waals surface area contributed by atoms with E-state index < -0.39 is 0 Å². The smallest absolute Gasteiger partial charge is 0.223 e. The first-order chi connectivity index (χ1) is 11.3. The molecule has 0 aromatic carbocycles. The van der Waals surface area contributed by atoms with Gasteiger partial charge in [0.25, 0.3) is 0 Å². The molecular weight excluding hydrogens is 292 g/mol. The summed E-state index contributed by atoms with van der Waals surface area (Å²) in [7, 11) is 0. The predicted octanol–water partition coefficient (Wildman–Crippen LogP) is 1.94. The third-order valence-electron chi connectivity index (χ3n) is 3.79. The lowest BCUT2D eigenvalue weighted by molar-refractivity contribution is -0.127. The molecular formula is C16H20N6O. The minimum Gasteiger partial charge on any atom is -0.368 e. The average molecular weight is 312 g/mol. The van der Waals surface area contributed by atoms with Gasteiger partial charge in [-0.1, -0.05) is 12.5 Å². The van der Waals surface area contributed by atoms with E-state index >= 15 is 0 Å². The maximum atomic E-state index is 11.7. The fourth-order valence-corrected chi connectivity index (χ4v) is 2.28. The Hall–Kier alpha value is -2.70. The van der Waals surface area contributed by atoms with Crippen LogP contribution in [0.2, 0.25) is 0 Å². The van der Waals surface area contributed by atoms with Gasteiger partial charge in [0.05, 0.1) is 0 Å². The fourth-order valence-electron chi connectivity index (χ4n) is 2.28. The summed E-state index contributed by atoms with van der Waals surface area (Å²) >= 11 is 0. The third kappa shape index (κ3) is 4.38. The maximum absolute atomic E-state index is 11.7. The highest BCUT2D eigenvalue weighted by molar-refractivity contribution is 5.79. The van der Waals surface area contributed by atoms with E-state index in [1.807, 2.05) is 24.3 Å². The molecule has 0 radical (unpaired) electrons. The number of carbonyl (C=O) groups is 1. The molecule has 3 rings (SSSR count). The van der Waals surface area contributed by atoms with Crippen LogP contribution in [0, 0.1) is 5.92 Å². The number of carbonyl (C=O) groups excluding carboxylic acids is 1. The van der Waals surface area contributed by atoms with Crippen LogP contribution < -0.4 is 16.0 Å². The molecule has 2 aromatic rings. The molecule has 2 heterocycles. The van der Waals surface area contributed by atoms with Crippen molar-refractivity contribution in [3.63, 3.8) is 0 Å². The van der Waals surface area contributed by atoms with Gasteiger partial charge >= 0.3 is 0 Å². The van der Waals surface area contributed by atoms with Crippen LogP contribution in [0.5, 0.6) is 0 Å². The minimum absolute atomic E-state index is 0.165. The van der Waals surface area contributed by atoms with Crippen LogP contribution in [0.25, 0.3) is 0 Å². The van der Waals surface area contributed by atoms with Gasteiger partial charge in [0.15, 0.2) is 0 Å². The second-order valence-electron chi connectivity index (χ2n) is 5.47. The highest BCUT2D eigenvalue weighted by atomic mass is 16.1. The Morgan fingerprint density at radius 1 is 1.09 bits per heavy atom. The van der Waals surface area contributed by atoms with E-state index in [2.05, 4.69) is 30.9 Å². The molecule has 0 bridgehead atoms. The number of anilines is 3. The monoisotopic (exact) mass is 312 g/mol. The van der Waals surface area contributed by atoms with Gasteiger partial charge in [-0.25, -0.2) is 15.0 Å². The van der Waals surface area contributed by atoms with Crippen molar-refractivity contribution >= 4 is 23.4 Å². The topological polar surface area (TPSA) is 91.8 Å². The average Bonchev–Trinajstić information content (AvgIpc) is 2.51. The molecule has 1 aliphatic carbocycles. The van der Waals surface area contributed by atoms with E-state index in [-0.39, 0.29) is 11.8 Å². The van der Waals surface area contributed by atoms with Gasteiger partial charge in [-0.05, 0) is 25.0 Å². The molecule has 120 valence electrons. The second kappa shape index (κ2) is 7.53. The van der Waals surface area contributed by atoms with Crippen LogP contribution in [0.1, 0.15) is 19.3 Å². The molecule has 23 heavy (non-hydrogen) atoms. The Bertz CT molecular complexity index is 644. The van der Waals surface area contributed by atoms with Crippen molar-refractivity contribution in [2.45, 2.75) is 19.3 Å². The normalized spacial score (nSPS) is 13.9. The molecule has 0 atom stereocenters. The summed E-state index contributed by atoms with van der Waals surface area (Å²) in [6.45, 7) is 1.21. The van der Waals surface area contributed by atoms with Crippen LogP contribution >= 0.6 is 0 Å². The SMILES string of the molecule is O=C(NCCNc1cc(Nc2ccccn2)ncn1)C1CCC1. The van der Waals surface area contributed by atoms with Crippen molar-refractivity contribution in [1.82, 2.24) is 20.3 Å². The van der Waals surface area contributed by atoms with Gasteiger partial charge in [-0.2, -0.15) is 0 Å². The number of hydrogen-bond donors (Lipinski definition) is 3. The van der Waals surface area contributed by atoms with E-state index in [1.165, 1.54) is 12.7 Å². The Morgan fingerprint density at radius 3 is 2.70 bits per heavy atom. The number of aromatic nitrogens is 3. The number of pyridine rings is 1. The molecule has 0 spiro atoms. The molecule has 7 nitrogen and oxygen atoms in total. The first-order valence-corrected chi connectivity index (χ1v) is 7.83. The van der Waals surface area contributed by atoms with Gasteiger partial charge in [-0.15, -0.1) is 0 Å². The van der Waals surface area contributed by atoms with E-state index in [1.54, 1.807) is 6.20 Å². The van der Waals surface area contributed by atoms with Crippen molar-refractivity contribution < 1.29 is 4.79 Å². The summed E-state index contributed by atoms with van der Waals surface area (Å²) in [5.41, 5.74) is 0. The summed E-state index contributed by atoms with van der Waals surface area (Å²) in [5.74, 6) is 2.49. The molecule has 0 saturated heterocycles. The van der Waals surface area contributed by atoms with Crippen LogP contribution in [0.4, 0.5) is 17.5 Å². The summed E-state index contributed by atoms with van der Waals surface area (Å²) in [5, 5.41) is 9.22. The summed E-state index contributed by atoms with van der Waals surface area (Å²) in [6, 6.07) is 7.43. The van der Waals surface area contributed by atoms with Crippen molar-refractivity contribution in [1.29, 1.82) is 0 Å². The fraction of sp³-hybridized carbons (Fsp3) is 0.375. The molecule has 1 aliphatic rings. The van der Waals surface area contributed by atoms with E-state index in [0.29, 0.717) is 24.7 Å². The zero-order chi connectivity index (χ0) is 15.9. The van der Waals surface area contributed by atoms with Crippen LogP contribution in [-0.4, -0.2) is 33.9 Å². The van der Waals surface area contributed by atoms with Gasteiger partial charge in [0.1, 0.15) is 23.8 Å². The van der Waals surface area contributed by atoms with Crippen LogP contribution in [0.15, 0.2) is 36.8 Å². The highest BCUT2D eigenvalue weighted by Gasteiger charge is 2.24. The molecule has 1 amide bonds. The minimum atomic E-state index is 0.165. The van der Waals surface area contributed by atoms with E-state index in [0.717, 1.165) is 18.7 Å². The van der Waals surface area contributed by atoms with Gasteiger partial charge in [0, 0.05) is 31.3 Å². The predicted molar refractivity (Wildman–Crippen MR) is 88.4 cm³/mol. The number of hydrogen-bond acceptors (Lipinski definition) is 6. The quantitative estimate of drug-likeness (QED) is 0.677. The summed E-state index contributed by atoms with van der Waals surface area (Å²) in [4.78, 5) is 24.2. The Labute approximate surface area is 135 Å². The van der Waals surface area contributed by atoms with Crippen molar-refractivity contribution in [2.75, 3.05) is 23.7 Å². The first-order valence-electron chi connectivity index (χ1n) is 7.83. The maximum Gasteiger partial charge on any atom is 0.223 e. The van der Waals surface area contributed by atoms with Gasteiger partial charge in [-0.3, -0.25) is 4.79 Å². The first kappa shape index (κ1) is 15.2. The zero-order valence-corrected chi connectivity index (χ0v) is 12.8. The lowest BCUT2D eigenvalue weighted by Crippen LogP contribution is -2.36. The van der Waals surface area contributed by atoms with E-state index in [4.69, 9.17) is 0 Å². The van der Waals surface area contributed by atoms with Crippen LogP contribution in [-0.2, 0) is 4.79 Å². The molecule has 1 fully saturated rings. The van der Waals surface area contributed by atoms with Gasteiger partial charge in [0.2, 0.25) is 5.91 Å². The lowest BCUT2D eigenvalue weighted by Gasteiger charge is -2.24. The lowest BCUT2D eigenvalue weighted by atomic mass is 9.85. The Morgan fingerprint density at radius 2 is 1.96 bits per heavy atom. The molecule has 1 saturated carbocycles.